The van der Waals surface area contributed by atoms with Crippen LogP contribution in [-0.4, -0.2) is 89.0 Å². The fraction of sp³-hybridized carbons (Fsp3) is 0.613. The Morgan fingerprint density at radius 3 is 1.90 bits per heavy atom. The summed E-state index contributed by atoms with van der Waals surface area (Å²) in [7, 11) is 0. The van der Waals surface area contributed by atoms with Gasteiger partial charge >= 0.3 is 11.9 Å². The maximum Gasteiger partial charge on any atom is 0.306 e. The Morgan fingerprint density at radius 1 is 0.805 bits per heavy atom. The largest absolute Gasteiger partial charge is 0.462 e. The van der Waals surface area contributed by atoms with Gasteiger partial charge in [0.15, 0.2) is 12.4 Å². The number of hydrogen-bond donors (Lipinski definition) is 4. The first kappa shape index (κ1) is 36.4. The molecule has 0 aromatic carbocycles. The van der Waals surface area contributed by atoms with Crippen molar-refractivity contribution < 1.29 is 49.0 Å². The SMILES string of the molecule is CC/C=C\C/C=C\C/C=C\C/C=C\C/C=C\CCCC(=O)OC(COC(C)=O)COC1OC(CO)C(O)C(O)C1O. The van der Waals surface area contributed by atoms with Gasteiger partial charge in [0, 0.05) is 13.3 Å². The molecule has 0 aliphatic carbocycles. The Balaban J connectivity index is 2.31. The average molecular weight is 581 g/mol. The number of carbonyl (C=O) groups is 2. The van der Waals surface area contributed by atoms with Gasteiger partial charge in [0.1, 0.15) is 31.0 Å². The van der Waals surface area contributed by atoms with E-state index in [1.807, 2.05) is 12.2 Å². The summed E-state index contributed by atoms with van der Waals surface area (Å²) >= 11 is 0. The number of allylic oxidation sites excluding steroid dienone is 10. The molecule has 4 N–H and O–H groups in total. The average Bonchev–Trinajstić information content (AvgIpc) is 2.95. The number of unbranched alkanes of at least 4 members (excludes halogenated alkanes) is 1. The van der Waals surface area contributed by atoms with E-state index in [2.05, 4.69) is 55.5 Å². The molecule has 10 nitrogen and oxygen atoms in total. The number of rotatable bonds is 20. The van der Waals surface area contributed by atoms with Crippen molar-refractivity contribution in [3.05, 3.63) is 60.8 Å². The van der Waals surface area contributed by atoms with Crippen molar-refractivity contribution in [1.82, 2.24) is 0 Å². The zero-order chi connectivity index (χ0) is 30.3. The molecule has 0 spiro atoms. The first-order valence-electron chi connectivity index (χ1n) is 14.3. The molecule has 1 saturated heterocycles. The van der Waals surface area contributed by atoms with E-state index in [1.54, 1.807) is 0 Å². The van der Waals surface area contributed by atoms with Crippen molar-refractivity contribution in [1.29, 1.82) is 0 Å². The number of aliphatic hydroxyl groups is 4. The maximum atomic E-state index is 12.3. The van der Waals surface area contributed by atoms with Crippen LogP contribution in [0.2, 0.25) is 0 Å². The lowest BCUT2D eigenvalue weighted by Crippen LogP contribution is -2.59. The van der Waals surface area contributed by atoms with E-state index < -0.39 is 55.4 Å². The second-order valence-electron chi connectivity index (χ2n) is 9.55. The smallest absolute Gasteiger partial charge is 0.306 e. The molecule has 0 aromatic rings. The van der Waals surface area contributed by atoms with Crippen molar-refractivity contribution in [3.8, 4) is 0 Å². The van der Waals surface area contributed by atoms with E-state index in [-0.39, 0.29) is 19.6 Å². The van der Waals surface area contributed by atoms with Crippen molar-refractivity contribution in [2.45, 2.75) is 102 Å². The molecule has 1 aliphatic rings. The van der Waals surface area contributed by atoms with Crippen LogP contribution in [0.15, 0.2) is 60.8 Å². The van der Waals surface area contributed by atoms with Crippen molar-refractivity contribution >= 4 is 11.9 Å². The van der Waals surface area contributed by atoms with Crippen LogP contribution in [0, 0.1) is 0 Å². The van der Waals surface area contributed by atoms with Crippen LogP contribution in [0.25, 0.3) is 0 Å². The molecule has 0 aromatic heterocycles. The Morgan fingerprint density at radius 2 is 1.37 bits per heavy atom. The maximum absolute atomic E-state index is 12.3. The lowest BCUT2D eigenvalue weighted by Gasteiger charge is -2.39. The van der Waals surface area contributed by atoms with E-state index in [9.17, 15) is 30.0 Å². The highest BCUT2D eigenvalue weighted by molar-refractivity contribution is 5.69. The summed E-state index contributed by atoms with van der Waals surface area (Å²) < 4.78 is 21.0. The summed E-state index contributed by atoms with van der Waals surface area (Å²) in [6.45, 7) is 2.15. The summed E-state index contributed by atoms with van der Waals surface area (Å²) in [5.74, 6) is -1.08. The number of carbonyl (C=O) groups excluding carboxylic acids is 2. The highest BCUT2D eigenvalue weighted by atomic mass is 16.7. The molecule has 232 valence electrons. The van der Waals surface area contributed by atoms with E-state index >= 15 is 0 Å². The standard InChI is InChI=1S/C31H48O10/c1-3-4-5-6-7-8-9-10-11-12-13-14-15-16-17-18-19-20-27(34)40-25(22-38-24(2)33)23-39-31-30(37)29(36)28(35)26(21-32)41-31/h4-5,7-8,10-11,13-14,16-17,25-26,28-32,35-37H,3,6,9,12,15,18-23H2,1-2H3/b5-4-,8-7-,11-10-,14-13-,17-16-. The van der Waals surface area contributed by atoms with Crippen LogP contribution in [-0.2, 0) is 28.5 Å². The van der Waals surface area contributed by atoms with Gasteiger partial charge in [-0.1, -0.05) is 67.7 Å². The van der Waals surface area contributed by atoms with Gasteiger partial charge in [-0.3, -0.25) is 9.59 Å². The molecule has 0 amide bonds. The molecule has 0 radical (unpaired) electrons. The first-order valence-corrected chi connectivity index (χ1v) is 14.3. The minimum Gasteiger partial charge on any atom is -0.462 e. The van der Waals surface area contributed by atoms with Crippen LogP contribution < -0.4 is 0 Å². The lowest BCUT2D eigenvalue weighted by molar-refractivity contribution is -0.305. The van der Waals surface area contributed by atoms with Crippen molar-refractivity contribution in [3.63, 3.8) is 0 Å². The second-order valence-corrected chi connectivity index (χ2v) is 9.55. The molecular formula is C31H48O10. The molecular weight excluding hydrogens is 532 g/mol. The van der Waals surface area contributed by atoms with Crippen LogP contribution in [0.5, 0.6) is 0 Å². The molecule has 1 heterocycles. The van der Waals surface area contributed by atoms with E-state index in [4.69, 9.17) is 18.9 Å². The normalized spacial score (nSPS) is 24.3. The van der Waals surface area contributed by atoms with Crippen molar-refractivity contribution in [2.75, 3.05) is 19.8 Å². The van der Waals surface area contributed by atoms with E-state index in [0.29, 0.717) is 12.8 Å². The fourth-order valence-electron chi connectivity index (χ4n) is 3.71. The van der Waals surface area contributed by atoms with E-state index in [0.717, 1.165) is 32.1 Å². The lowest BCUT2D eigenvalue weighted by atomic mass is 9.99. The summed E-state index contributed by atoms with van der Waals surface area (Å²) in [6, 6.07) is 0. The monoisotopic (exact) mass is 580 g/mol. The molecule has 1 rings (SSSR count). The minimum atomic E-state index is -1.60. The summed E-state index contributed by atoms with van der Waals surface area (Å²) in [6.07, 6.45) is 19.1. The van der Waals surface area contributed by atoms with Gasteiger partial charge in [0.2, 0.25) is 0 Å². The highest BCUT2D eigenvalue weighted by Crippen LogP contribution is 2.22. The molecule has 1 aliphatic heterocycles. The number of aliphatic hydroxyl groups excluding tert-OH is 4. The van der Waals surface area contributed by atoms with E-state index in [1.165, 1.54) is 6.92 Å². The Labute approximate surface area is 243 Å². The Bertz CT molecular complexity index is 861. The third-order valence-electron chi connectivity index (χ3n) is 5.97. The highest BCUT2D eigenvalue weighted by Gasteiger charge is 2.44. The number of hydrogen-bond acceptors (Lipinski definition) is 10. The van der Waals surface area contributed by atoms with Gasteiger partial charge < -0.3 is 39.4 Å². The third-order valence-corrected chi connectivity index (χ3v) is 5.97. The summed E-state index contributed by atoms with van der Waals surface area (Å²) in [4.78, 5) is 23.5. The minimum absolute atomic E-state index is 0.144. The van der Waals surface area contributed by atoms with Crippen LogP contribution in [0.3, 0.4) is 0 Å². The Hall–Kier alpha value is -2.60. The van der Waals surface area contributed by atoms with Crippen LogP contribution in [0.1, 0.15) is 65.2 Å². The van der Waals surface area contributed by atoms with Gasteiger partial charge in [-0.2, -0.15) is 0 Å². The third kappa shape index (κ3) is 17.1. The second kappa shape index (κ2) is 23.0. The molecule has 0 bridgehead atoms. The van der Waals surface area contributed by atoms with Gasteiger partial charge in [-0.15, -0.1) is 0 Å². The predicted molar refractivity (Wildman–Crippen MR) is 155 cm³/mol. The zero-order valence-corrected chi connectivity index (χ0v) is 24.3. The quantitative estimate of drug-likeness (QED) is 0.0960. The number of ether oxygens (including phenoxy) is 4. The molecule has 0 saturated carbocycles. The number of esters is 2. The van der Waals surface area contributed by atoms with Gasteiger partial charge in [0.05, 0.1) is 13.2 Å². The zero-order valence-electron chi connectivity index (χ0n) is 24.3. The van der Waals surface area contributed by atoms with Gasteiger partial charge in [0.25, 0.3) is 0 Å². The fourth-order valence-corrected chi connectivity index (χ4v) is 3.71. The molecule has 6 unspecified atom stereocenters. The van der Waals surface area contributed by atoms with Gasteiger partial charge in [-0.05, 0) is 44.9 Å². The first-order chi connectivity index (χ1) is 19.8. The Kier molecular flexibility index (Phi) is 20.4. The van der Waals surface area contributed by atoms with Gasteiger partial charge in [-0.25, -0.2) is 0 Å². The predicted octanol–water partition coefficient (Wildman–Crippen LogP) is 3.20. The van der Waals surface area contributed by atoms with Crippen LogP contribution in [0.4, 0.5) is 0 Å². The summed E-state index contributed by atoms with van der Waals surface area (Å²) in [5.41, 5.74) is 0. The topological polar surface area (TPSA) is 152 Å². The molecule has 41 heavy (non-hydrogen) atoms. The van der Waals surface area contributed by atoms with Crippen LogP contribution >= 0.6 is 0 Å². The molecule has 1 fully saturated rings. The summed E-state index contributed by atoms with van der Waals surface area (Å²) in [5, 5.41) is 39.1. The molecule has 10 heteroatoms. The van der Waals surface area contributed by atoms with Crippen molar-refractivity contribution in [2.24, 2.45) is 0 Å². The molecule has 6 atom stereocenters.